The predicted molar refractivity (Wildman–Crippen MR) is 153 cm³/mol. The Balaban J connectivity index is 1.27. The number of anilines is 1. The average Bonchev–Trinajstić information content (AvgIpc) is 3.52. The van der Waals surface area contributed by atoms with Gasteiger partial charge in [-0.3, -0.25) is 4.68 Å². The Bertz CT molecular complexity index is 1150. The molecule has 3 heterocycles. The molecule has 8 heteroatoms. The molecule has 0 amide bonds. The van der Waals surface area contributed by atoms with Crippen LogP contribution in [0.1, 0.15) is 49.3 Å². The fraction of sp³-hybridized carbons (Fsp3) is 0.516. The normalized spacial score (nSPS) is 21.7. The first-order valence-electron chi connectivity index (χ1n) is 14.1. The smallest absolute Gasteiger partial charge is 0.142 e. The molecule has 1 saturated heterocycles. The zero-order valence-corrected chi connectivity index (χ0v) is 23.4. The van der Waals surface area contributed by atoms with E-state index < -0.39 is 0 Å². The van der Waals surface area contributed by atoms with Crippen molar-refractivity contribution in [2.45, 2.75) is 56.9 Å². The summed E-state index contributed by atoms with van der Waals surface area (Å²) in [6.45, 7) is 6.94. The monoisotopic (exact) mass is 534 g/mol. The number of ether oxygens (including phenoxy) is 4. The maximum Gasteiger partial charge on any atom is 0.142 e. The van der Waals surface area contributed by atoms with Crippen LogP contribution >= 0.6 is 0 Å². The molecule has 2 aromatic carbocycles. The van der Waals surface area contributed by atoms with E-state index in [1.165, 1.54) is 11.1 Å². The highest BCUT2D eigenvalue weighted by molar-refractivity contribution is 5.61. The lowest BCUT2D eigenvalue weighted by atomic mass is 9.82. The Morgan fingerprint density at radius 1 is 1.15 bits per heavy atom. The van der Waals surface area contributed by atoms with Gasteiger partial charge >= 0.3 is 0 Å². The number of benzene rings is 2. The molecule has 2 aliphatic rings. The Labute approximate surface area is 232 Å². The standard InChI is InChI=1S/C31H42N4O4/c1-23(35-14-4-12-33-35)18-26-20-28(25-7-9-27(37-3)10-8-25)31(21-32-26)39-22-24-6-11-30-29(19-24)34(15-17-38-30)13-5-16-36-2/h4,6-12,14,19,23,26,28,31-32H,5,13,15-18,20-22H2,1-3H3/t23-,26-,28+,31-/m0/s1. The molecule has 8 nitrogen and oxygen atoms in total. The maximum atomic E-state index is 6.65. The van der Waals surface area contributed by atoms with Crippen LogP contribution in [-0.2, 0) is 16.1 Å². The highest BCUT2D eigenvalue weighted by Crippen LogP contribution is 2.36. The topological polar surface area (TPSA) is 70.0 Å². The van der Waals surface area contributed by atoms with Crippen LogP contribution < -0.4 is 19.7 Å². The fourth-order valence-corrected chi connectivity index (χ4v) is 5.83. The highest BCUT2D eigenvalue weighted by atomic mass is 16.5. The van der Waals surface area contributed by atoms with Crippen molar-refractivity contribution in [2.75, 3.05) is 52.0 Å². The summed E-state index contributed by atoms with van der Waals surface area (Å²) in [7, 11) is 3.46. The van der Waals surface area contributed by atoms with Gasteiger partial charge in [0.1, 0.15) is 18.1 Å². The number of aromatic nitrogens is 2. The van der Waals surface area contributed by atoms with Gasteiger partial charge in [-0.05, 0) is 67.6 Å². The third-order valence-corrected chi connectivity index (χ3v) is 7.96. The van der Waals surface area contributed by atoms with Crippen molar-refractivity contribution in [2.24, 2.45) is 0 Å². The zero-order valence-electron chi connectivity index (χ0n) is 23.4. The molecule has 210 valence electrons. The van der Waals surface area contributed by atoms with Crippen molar-refractivity contribution < 1.29 is 18.9 Å². The molecule has 0 saturated carbocycles. The van der Waals surface area contributed by atoms with Gasteiger partial charge in [0.2, 0.25) is 0 Å². The number of nitrogens with zero attached hydrogens (tertiary/aromatic N) is 3. The summed E-state index contributed by atoms with van der Waals surface area (Å²) < 4.78 is 25.3. The van der Waals surface area contributed by atoms with E-state index in [4.69, 9.17) is 18.9 Å². The van der Waals surface area contributed by atoms with Crippen molar-refractivity contribution in [3.05, 3.63) is 72.1 Å². The molecule has 1 N–H and O–H groups in total. The minimum absolute atomic E-state index is 0.0692. The van der Waals surface area contributed by atoms with Crippen molar-refractivity contribution in [3.8, 4) is 11.5 Å². The Morgan fingerprint density at radius 3 is 2.79 bits per heavy atom. The summed E-state index contributed by atoms with van der Waals surface area (Å²) in [5.41, 5.74) is 3.61. The van der Waals surface area contributed by atoms with E-state index in [1.807, 2.05) is 23.1 Å². The van der Waals surface area contributed by atoms with Gasteiger partial charge in [-0.2, -0.15) is 5.10 Å². The molecule has 4 atom stereocenters. The quantitative estimate of drug-likeness (QED) is 0.335. The predicted octanol–water partition coefficient (Wildman–Crippen LogP) is 4.81. The third-order valence-electron chi connectivity index (χ3n) is 7.96. The van der Waals surface area contributed by atoms with E-state index in [1.54, 1.807) is 14.2 Å². The number of hydrogen-bond acceptors (Lipinski definition) is 7. The SMILES string of the molecule is COCCCN1CCOc2ccc(CO[C@H]3CN[C@@H](C[C@H](C)n4cccn4)C[C@@H]3c3ccc(OC)cc3)cc21. The number of methoxy groups -OCH3 is 2. The first-order chi connectivity index (χ1) is 19.1. The lowest BCUT2D eigenvalue weighted by molar-refractivity contribution is 0.00125. The minimum Gasteiger partial charge on any atom is -0.497 e. The molecular weight excluding hydrogens is 492 g/mol. The summed E-state index contributed by atoms with van der Waals surface area (Å²) >= 11 is 0. The van der Waals surface area contributed by atoms with E-state index in [0.717, 1.165) is 62.7 Å². The van der Waals surface area contributed by atoms with E-state index >= 15 is 0 Å². The first-order valence-corrected chi connectivity index (χ1v) is 14.1. The molecule has 0 unspecified atom stereocenters. The summed E-state index contributed by atoms with van der Waals surface area (Å²) in [6.07, 6.45) is 6.98. The molecule has 0 bridgehead atoms. The first kappa shape index (κ1) is 27.5. The maximum absolute atomic E-state index is 6.65. The summed E-state index contributed by atoms with van der Waals surface area (Å²) in [4.78, 5) is 2.40. The number of piperidine rings is 1. The van der Waals surface area contributed by atoms with Gasteiger partial charge in [-0.1, -0.05) is 18.2 Å². The Hall–Kier alpha value is -3.07. The number of hydrogen-bond donors (Lipinski definition) is 1. The lowest BCUT2D eigenvalue weighted by Crippen LogP contribution is -2.47. The summed E-state index contributed by atoms with van der Waals surface area (Å²) in [6, 6.07) is 17.6. The van der Waals surface area contributed by atoms with Gasteiger partial charge in [-0.15, -0.1) is 0 Å². The average molecular weight is 535 g/mol. The van der Waals surface area contributed by atoms with E-state index in [0.29, 0.717) is 31.2 Å². The summed E-state index contributed by atoms with van der Waals surface area (Å²) in [5.74, 6) is 2.12. The van der Waals surface area contributed by atoms with Crippen LogP contribution in [0.2, 0.25) is 0 Å². The van der Waals surface area contributed by atoms with E-state index in [2.05, 4.69) is 64.7 Å². The van der Waals surface area contributed by atoms with Crippen LogP contribution in [0.3, 0.4) is 0 Å². The van der Waals surface area contributed by atoms with Gasteiger partial charge < -0.3 is 29.2 Å². The second-order valence-corrected chi connectivity index (χ2v) is 10.6. The highest BCUT2D eigenvalue weighted by Gasteiger charge is 2.33. The van der Waals surface area contributed by atoms with Gasteiger partial charge in [0, 0.05) is 51.2 Å². The Morgan fingerprint density at radius 2 is 2.03 bits per heavy atom. The molecule has 39 heavy (non-hydrogen) atoms. The van der Waals surface area contributed by atoms with Crippen molar-refractivity contribution in [1.29, 1.82) is 0 Å². The molecule has 0 radical (unpaired) electrons. The number of rotatable bonds is 12. The molecular formula is C31H42N4O4. The van der Waals surface area contributed by atoms with Crippen molar-refractivity contribution in [3.63, 3.8) is 0 Å². The van der Waals surface area contributed by atoms with Crippen LogP contribution in [0, 0.1) is 0 Å². The van der Waals surface area contributed by atoms with Crippen LogP contribution in [0.15, 0.2) is 60.9 Å². The lowest BCUT2D eigenvalue weighted by Gasteiger charge is -2.38. The van der Waals surface area contributed by atoms with E-state index in [9.17, 15) is 0 Å². The van der Waals surface area contributed by atoms with Crippen LogP contribution in [0.25, 0.3) is 0 Å². The second kappa shape index (κ2) is 13.3. The van der Waals surface area contributed by atoms with Gasteiger partial charge in [0.25, 0.3) is 0 Å². The van der Waals surface area contributed by atoms with Crippen LogP contribution in [0.4, 0.5) is 5.69 Å². The molecule has 1 fully saturated rings. The zero-order chi connectivity index (χ0) is 27.0. The van der Waals surface area contributed by atoms with Gasteiger partial charge in [0.15, 0.2) is 0 Å². The molecule has 3 aromatic rings. The van der Waals surface area contributed by atoms with Gasteiger partial charge in [-0.25, -0.2) is 0 Å². The molecule has 0 spiro atoms. The minimum atomic E-state index is 0.0692. The fourth-order valence-electron chi connectivity index (χ4n) is 5.83. The number of fused-ring (bicyclic) bond motifs is 1. The van der Waals surface area contributed by atoms with Crippen LogP contribution in [0.5, 0.6) is 11.5 Å². The van der Waals surface area contributed by atoms with E-state index in [-0.39, 0.29) is 6.10 Å². The number of nitrogens with one attached hydrogen (secondary N) is 1. The summed E-state index contributed by atoms with van der Waals surface area (Å²) in [5, 5.41) is 8.22. The molecule has 1 aromatic heterocycles. The van der Waals surface area contributed by atoms with Gasteiger partial charge in [0.05, 0.1) is 38.1 Å². The second-order valence-electron chi connectivity index (χ2n) is 10.6. The van der Waals surface area contributed by atoms with Crippen molar-refractivity contribution >= 4 is 5.69 Å². The largest absolute Gasteiger partial charge is 0.497 e. The molecule has 5 rings (SSSR count). The third kappa shape index (κ3) is 6.93. The molecule has 2 aliphatic heterocycles. The molecule has 0 aliphatic carbocycles. The Kier molecular flexibility index (Phi) is 9.40. The van der Waals surface area contributed by atoms with Crippen LogP contribution in [-0.4, -0.2) is 69.0 Å². The van der Waals surface area contributed by atoms with Crippen molar-refractivity contribution in [1.82, 2.24) is 15.1 Å².